The number of halogens is 1. The summed E-state index contributed by atoms with van der Waals surface area (Å²) in [6.07, 6.45) is 0.0601. The van der Waals surface area contributed by atoms with Crippen LogP contribution in [0.1, 0.15) is 28.5 Å². The topological polar surface area (TPSA) is 103 Å². The number of aromatic nitrogens is 1. The Morgan fingerprint density at radius 1 is 1.06 bits per heavy atom. The molecule has 0 bridgehead atoms. The number of esters is 1. The Kier molecular flexibility index (Phi) is 7.31. The van der Waals surface area contributed by atoms with E-state index in [1.807, 2.05) is 30.3 Å². The van der Waals surface area contributed by atoms with Gasteiger partial charge < -0.3 is 14.4 Å². The van der Waals surface area contributed by atoms with Crippen molar-refractivity contribution in [3.63, 3.8) is 0 Å². The van der Waals surface area contributed by atoms with Gasteiger partial charge in [0.15, 0.2) is 15.3 Å². The van der Waals surface area contributed by atoms with E-state index in [2.05, 4.69) is 0 Å². The minimum Gasteiger partial charge on any atom is -0.464 e. The van der Waals surface area contributed by atoms with Crippen molar-refractivity contribution in [3.8, 4) is 5.69 Å². The first-order valence-corrected chi connectivity index (χ1v) is 13.1. The SMILES string of the molecule is COC(=O)c1c(Cc2ccc(S(=O)(=O)C(C)CO)cc2)c(=O)c2ccc(Cl)cc2n1-c1ccccc1. The second-order valence-corrected chi connectivity index (χ2v) is 11.1. The number of aliphatic hydroxyl groups excluding tert-OH is 1. The molecular weight excluding hydrogens is 502 g/mol. The molecule has 1 heterocycles. The van der Waals surface area contributed by atoms with E-state index >= 15 is 0 Å². The van der Waals surface area contributed by atoms with E-state index in [0.717, 1.165) is 0 Å². The molecule has 0 fully saturated rings. The quantitative estimate of drug-likeness (QED) is 0.363. The number of nitrogens with zero attached hydrogens (tertiary/aromatic N) is 1. The van der Waals surface area contributed by atoms with Crippen molar-refractivity contribution in [2.24, 2.45) is 0 Å². The number of carbonyl (C=O) groups excluding carboxylic acids is 1. The van der Waals surface area contributed by atoms with E-state index < -0.39 is 27.7 Å². The normalized spacial score (nSPS) is 12.4. The Hall–Kier alpha value is -3.46. The van der Waals surface area contributed by atoms with Gasteiger partial charge in [0, 0.05) is 28.1 Å². The van der Waals surface area contributed by atoms with Gasteiger partial charge in [0.2, 0.25) is 0 Å². The van der Waals surface area contributed by atoms with Gasteiger partial charge in [0.1, 0.15) is 5.69 Å². The Balaban J connectivity index is 1.95. The van der Waals surface area contributed by atoms with Crippen molar-refractivity contribution in [1.29, 1.82) is 0 Å². The maximum Gasteiger partial charge on any atom is 0.355 e. The van der Waals surface area contributed by atoms with Crippen molar-refractivity contribution in [3.05, 3.63) is 105 Å². The first-order chi connectivity index (χ1) is 17.2. The summed E-state index contributed by atoms with van der Waals surface area (Å²) in [6.45, 7) is 0.936. The van der Waals surface area contributed by atoms with Gasteiger partial charge in [-0.3, -0.25) is 4.79 Å². The number of hydrogen-bond acceptors (Lipinski definition) is 6. The molecule has 3 aromatic carbocycles. The van der Waals surface area contributed by atoms with Gasteiger partial charge in [-0.2, -0.15) is 0 Å². The highest BCUT2D eigenvalue weighted by atomic mass is 35.5. The van der Waals surface area contributed by atoms with Crippen molar-refractivity contribution >= 4 is 38.3 Å². The maximum absolute atomic E-state index is 13.6. The van der Waals surface area contributed by atoms with Gasteiger partial charge in [-0.05, 0) is 55.0 Å². The number of benzene rings is 3. The van der Waals surface area contributed by atoms with E-state index in [9.17, 15) is 23.1 Å². The maximum atomic E-state index is 13.6. The number of methoxy groups -OCH3 is 1. The summed E-state index contributed by atoms with van der Waals surface area (Å²) >= 11 is 6.25. The van der Waals surface area contributed by atoms with E-state index in [0.29, 0.717) is 27.2 Å². The zero-order valence-electron chi connectivity index (χ0n) is 19.6. The summed E-state index contributed by atoms with van der Waals surface area (Å²) in [6, 6.07) is 20.0. The van der Waals surface area contributed by atoms with Crippen LogP contribution in [0.2, 0.25) is 5.02 Å². The number of pyridine rings is 1. The van der Waals surface area contributed by atoms with Crippen LogP contribution in [0.25, 0.3) is 16.6 Å². The van der Waals surface area contributed by atoms with E-state index in [-0.39, 0.29) is 28.0 Å². The predicted molar refractivity (Wildman–Crippen MR) is 139 cm³/mol. The van der Waals surface area contributed by atoms with Crippen LogP contribution < -0.4 is 5.43 Å². The molecule has 0 saturated heterocycles. The van der Waals surface area contributed by atoms with Gasteiger partial charge >= 0.3 is 5.97 Å². The largest absolute Gasteiger partial charge is 0.464 e. The number of ether oxygens (including phenoxy) is 1. The fourth-order valence-corrected chi connectivity index (χ4v) is 5.40. The molecule has 1 unspecified atom stereocenters. The summed E-state index contributed by atoms with van der Waals surface area (Å²) in [5.41, 5.74) is 1.66. The lowest BCUT2D eigenvalue weighted by molar-refractivity contribution is 0.0590. The summed E-state index contributed by atoms with van der Waals surface area (Å²) in [5, 5.41) is 9.11. The van der Waals surface area contributed by atoms with Gasteiger partial charge in [-0.15, -0.1) is 0 Å². The summed E-state index contributed by atoms with van der Waals surface area (Å²) in [5.74, 6) is -0.691. The van der Waals surface area contributed by atoms with Crippen LogP contribution in [0.5, 0.6) is 0 Å². The fraction of sp³-hybridized carbons (Fsp3) is 0.185. The van der Waals surface area contributed by atoms with Crippen LogP contribution in [-0.4, -0.2) is 43.0 Å². The average Bonchev–Trinajstić information content (AvgIpc) is 2.89. The van der Waals surface area contributed by atoms with Gasteiger partial charge in [-0.1, -0.05) is 41.9 Å². The lowest BCUT2D eigenvalue weighted by Gasteiger charge is -2.20. The van der Waals surface area contributed by atoms with E-state index in [1.165, 1.54) is 26.2 Å². The highest BCUT2D eigenvalue weighted by Gasteiger charge is 2.25. The van der Waals surface area contributed by atoms with E-state index in [1.54, 1.807) is 34.9 Å². The van der Waals surface area contributed by atoms with Crippen LogP contribution in [0.4, 0.5) is 0 Å². The molecule has 0 spiro atoms. The Labute approximate surface area is 213 Å². The number of hydrogen-bond donors (Lipinski definition) is 1. The number of rotatable bonds is 7. The molecule has 9 heteroatoms. The van der Waals surface area contributed by atoms with Crippen molar-refractivity contribution in [2.45, 2.75) is 23.5 Å². The zero-order valence-corrected chi connectivity index (χ0v) is 21.2. The molecule has 4 aromatic rings. The number of fused-ring (bicyclic) bond motifs is 1. The monoisotopic (exact) mass is 525 g/mol. The average molecular weight is 526 g/mol. The second kappa shape index (κ2) is 10.3. The molecular formula is C27H24ClNO6S. The molecule has 1 N–H and O–H groups in total. The Morgan fingerprint density at radius 3 is 2.33 bits per heavy atom. The predicted octanol–water partition coefficient (Wildman–Crippen LogP) is 4.18. The number of sulfone groups is 1. The molecule has 186 valence electrons. The van der Waals surface area contributed by atoms with Crippen LogP contribution in [0.15, 0.2) is 82.5 Å². The van der Waals surface area contributed by atoms with Crippen molar-refractivity contribution in [1.82, 2.24) is 4.57 Å². The molecule has 0 amide bonds. The third-order valence-electron chi connectivity index (χ3n) is 6.04. The smallest absolute Gasteiger partial charge is 0.355 e. The summed E-state index contributed by atoms with van der Waals surface area (Å²) in [4.78, 5) is 26.8. The molecule has 1 atom stereocenters. The second-order valence-electron chi connectivity index (χ2n) is 8.34. The highest BCUT2D eigenvalue weighted by molar-refractivity contribution is 7.92. The lowest BCUT2D eigenvalue weighted by Crippen LogP contribution is -2.24. The van der Waals surface area contributed by atoms with Gasteiger partial charge in [-0.25, -0.2) is 13.2 Å². The first kappa shape index (κ1) is 25.6. The third-order valence-corrected chi connectivity index (χ3v) is 8.41. The van der Waals surface area contributed by atoms with Crippen molar-refractivity contribution < 1.29 is 23.1 Å². The molecule has 0 aliphatic carbocycles. The Morgan fingerprint density at radius 2 is 1.72 bits per heavy atom. The highest BCUT2D eigenvalue weighted by Crippen LogP contribution is 2.27. The van der Waals surface area contributed by atoms with Gasteiger partial charge in [0.25, 0.3) is 0 Å². The molecule has 1 aromatic heterocycles. The van der Waals surface area contributed by atoms with Crippen molar-refractivity contribution in [2.75, 3.05) is 13.7 Å². The third kappa shape index (κ3) is 4.67. The van der Waals surface area contributed by atoms with Crippen LogP contribution in [0.3, 0.4) is 0 Å². The number of carbonyl (C=O) groups is 1. The molecule has 0 aliphatic heterocycles. The molecule has 0 radical (unpaired) electrons. The fourth-order valence-electron chi connectivity index (χ4n) is 4.06. The lowest BCUT2D eigenvalue weighted by atomic mass is 9.99. The molecule has 7 nitrogen and oxygen atoms in total. The minimum absolute atomic E-state index is 0.0601. The molecule has 36 heavy (non-hydrogen) atoms. The molecule has 4 rings (SSSR count). The summed E-state index contributed by atoms with van der Waals surface area (Å²) < 4.78 is 31.9. The number of para-hydroxylation sites is 1. The van der Waals surface area contributed by atoms with Crippen LogP contribution in [-0.2, 0) is 21.0 Å². The molecule has 0 saturated carbocycles. The van der Waals surface area contributed by atoms with Gasteiger partial charge in [0.05, 0.1) is 29.4 Å². The summed E-state index contributed by atoms with van der Waals surface area (Å²) in [7, 11) is -2.44. The van der Waals surface area contributed by atoms with Crippen LogP contribution >= 0.6 is 11.6 Å². The Bertz CT molecular complexity index is 1600. The molecule has 0 aliphatic rings. The first-order valence-electron chi connectivity index (χ1n) is 11.1. The standard InChI is InChI=1S/C27H24ClNO6S/c1-17(16-30)36(33,34)21-11-8-18(9-12-21)14-23-25(27(32)35-2)29(20-6-4-3-5-7-20)24-15-19(28)10-13-22(24)26(23)31/h3-13,15,17,30H,14,16H2,1-2H3. The van der Waals surface area contributed by atoms with E-state index in [4.69, 9.17) is 16.3 Å². The zero-order chi connectivity index (χ0) is 26.0. The number of aliphatic hydroxyl groups is 1. The minimum atomic E-state index is -3.69. The van der Waals surface area contributed by atoms with Crippen LogP contribution in [0, 0.1) is 0 Å².